The van der Waals surface area contributed by atoms with Crippen LogP contribution in [0.3, 0.4) is 0 Å². The summed E-state index contributed by atoms with van der Waals surface area (Å²) in [6, 6.07) is 8.46. The normalized spacial score (nSPS) is 26.3. The Bertz CT molecular complexity index is 472. The molecular formula is C16H21NO2. The molecule has 3 nitrogen and oxygen atoms in total. The van der Waals surface area contributed by atoms with Crippen molar-refractivity contribution in [3.8, 4) is 0 Å². The van der Waals surface area contributed by atoms with Gasteiger partial charge >= 0.3 is 0 Å². The van der Waals surface area contributed by atoms with E-state index < -0.39 is 0 Å². The van der Waals surface area contributed by atoms with Gasteiger partial charge in [0.15, 0.2) is 0 Å². The van der Waals surface area contributed by atoms with Crippen molar-refractivity contribution in [2.24, 2.45) is 11.8 Å². The second-order valence-corrected chi connectivity index (χ2v) is 5.83. The molecule has 2 unspecified atom stereocenters. The van der Waals surface area contributed by atoms with Crippen LogP contribution in [0.25, 0.3) is 0 Å². The van der Waals surface area contributed by atoms with E-state index in [1.165, 1.54) is 11.1 Å². The van der Waals surface area contributed by atoms with Crippen LogP contribution in [0.5, 0.6) is 0 Å². The van der Waals surface area contributed by atoms with Crippen LogP contribution in [-0.2, 0) is 17.6 Å². The molecule has 0 aromatic heterocycles. The van der Waals surface area contributed by atoms with E-state index >= 15 is 0 Å². The number of carbonyl (C=O) groups is 1. The highest BCUT2D eigenvalue weighted by Gasteiger charge is 2.32. The summed E-state index contributed by atoms with van der Waals surface area (Å²) in [6.45, 7) is 1.77. The largest absolute Gasteiger partial charge is 0.396 e. The van der Waals surface area contributed by atoms with Gasteiger partial charge in [0, 0.05) is 31.5 Å². The first-order chi connectivity index (χ1) is 9.28. The van der Waals surface area contributed by atoms with Crippen LogP contribution < -0.4 is 0 Å². The molecule has 3 rings (SSSR count). The quantitative estimate of drug-likeness (QED) is 0.877. The number of carbonyl (C=O) groups excluding carboxylic acids is 1. The van der Waals surface area contributed by atoms with Gasteiger partial charge in [0.25, 0.3) is 0 Å². The summed E-state index contributed by atoms with van der Waals surface area (Å²) >= 11 is 0. The van der Waals surface area contributed by atoms with E-state index in [-0.39, 0.29) is 12.5 Å². The van der Waals surface area contributed by atoms with E-state index in [1.54, 1.807) is 0 Å². The van der Waals surface area contributed by atoms with Crippen LogP contribution in [0.1, 0.15) is 24.0 Å². The molecule has 0 bridgehead atoms. The number of amides is 1. The van der Waals surface area contributed by atoms with Gasteiger partial charge in [-0.05, 0) is 36.8 Å². The average Bonchev–Trinajstić information content (AvgIpc) is 2.95. The smallest absolute Gasteiger partial charge is 0.226 e. The zero-order valence-corrected chi connectivity index (χ0v) is 11.2. The van der Waals surface area contributed by atoms with Crippen LogP contribution in [-0.4, -0.2) is 35.6 Å². The molecule has 1 amide bonds. The molecule has 2 atom stereocenters. The molecule has 1 aliphatic heterocycles. The number of benzene rings is 1. The number of likely N-dealkylation sites (tertiary alicyclic amines) is 1. The Labute approximate surface area is 114 Å². The summed E-state index contributed by atoms with van der Waals surface area (Å²) in [7, 11) is 0. The molecule has 1 heterocycles. The van der Waals surface area contributed by atoms with Crippen LogP contribution >= 0.6 is 0 Å². The Balaban J connectivity index is 1.66. The molecule has 19 heavy (non-hydrogen) atoms. The van der Waals surface area contributed by atoms with E-state index in [0.29, 0.717) is 11.8 Å². The second kappa shape index (κ2) is 5.33. The Kier molecular flexibility index (Phi) is 3.56. The number of hydrogen-bond acceptors (Lipinski definition) is 2. The highest BCUT2D eigenvalue weighted by molar-refractivity contribution is 5.79. The highest BCUT2D eigenvalue weighted by atomic mass is 16.3. The van der Waals surface area contributed by atoms with Crippen molar-refractivity contribution in [3.63, 3.8) is 0 Å². The first-order valence-electron chi connectivity index (χ1n) is 7.24. The zero-order chi connectivity index (χ0) is 13.2. The standard InChI is InChI=1S/C16H21NO2/c18-11-12-7-8-17(10-12)16(19)15-6-5-13-3-1-2-4-14(13)9-15/h1-4,12,15,18H,5-11H2. The first kappa shape index (κ1) is 12.7. The van der Waals surface area contributed by atoms with Gasteiger partial charge in [-0.25, -0.2) is 0 Å². The molecule has 1 N–H and O–H groups in total. The molecule has 102 valence electrons. The van der Waals surface area contributed by atoms with Crippen molar-refractivity contribution in [2.45, 2.75) is 25.7 Å². The van der Waals surface area contributed by atoms with E-state index in [4.69, 9.17) is 5.11 Å². The SMILES string of the molecule is O=C(C1CCc2ccccc2C1)N1CCC(CO)C1. The van der Waals surface area contributed by atoms with Crippen LogP contribution in [0.15, 0.2) is 24.3 Å². The fourth-order valence-corrected chi connectivity index (χ4v) is 3.35. The first-order valence-corrected chi connectivity index (χ1v) is 7.24. The molecular weight excluding hydrogens is 238 g/mol. The molecule has 1 aromatic carbocycles. The summed E-state index contributed by atoms with van der Waals surface area (Å²) < 4.78 is 0. The van der Waals surface area contributed by atoms with E-state index in [2.05, 4.69) is 24.3 Å². The lowest BCUT2D eigenvalue weighted by Crippen LogP contribution is -2.37. The Morgan fingerprint density at radius 3 is 2.79 bits per heavy atom. The lowest BCUT2D eigenvalue weighted by Gasteiger charge is -2.27. The third-order valence-electron chi connectivity index (χ3n) is 4.55. The molecule has 0 radical (unpaired) electrons. The van der Waals surface area contributed by atoms with Gasteiger partial charge in [0.1, 0.15) is 0 Å². The van der Waals surface area contributed by atoms with Crippen LogP contribution in [0.2, 0.25) is 0 Å². The fourth-order valence-electron chi connectivity index (χ4n) is 3.35. The fraction of sp³-hybridized carbons (Fsp3) is 0.562. The number of aliphatic hydroxyl groups excluding tert-OH is 1. The maximum absolute atomic E-state index is 12.5. The van der Waals surface area contributed by atoms with E-state index in [9.17, 15) is 4.79 Å². The van der Waals surface area contributed by atoms with Crippen molar-refractivity contribution in [1.29, 1.82) is 0 Å². The lowest BCUT2D eigenvalue weighted by molar-refractivity contribution is -0.135. The van der Waals surface area contributed by atoms with Gasteiger partial charge in [-0.3, -0.25) is 4.79 Å². The number of aliphatic hydroxyl groups is 1. The van der Waals surface area contributed by atoms with Crippen molar-refractivity contribution < 1.29 is 9.90 Å². The summed E-state index contributed by atoms with van der Waals surface area (Å²) in [6.07, 6.45) is 3.82. The van der Waals surface area contributed by atoms with Gasteiger partial charge in [-0.2, -0.15) is 0 Å². The third kappa shape index (κ3) is 2.52. The topological polar surface area (TPSA) is 40.5 Å². The number of nitrogens with zero attached hydrogens (tertiary/aromatic N) is 1. The van der Waals surface area contributed by atoms with Crippen molar-refractivity contribution >= 4 is 5.91 Å². The molecule has 1 aliphatic carbocycles. The van der Waals surface area contributed by atoms with Crippen LogP contribution in [0, 0.1) is 11.8 Å². The van der Waals surface area contributed by atoms with Gasteiger partial charge in [-0.1, -0.05) is 24.3 Å². The number of fused-ring (bicyclic) bond motifs is 1. The predicted octanol–water partition coefficient (Wildman–Crippen LogP) is 1.63. The summed E-state index contributed by atoms with van der Waals surface area (Å²) in [5.41, 5.74) is 2.74. The number of hydrogen-bond donors (Lipinski definition) is 1. The summed E-state index contributed by atoms with van der Waals surface area (Å²) in [5.74, 6) is 0.734. The Morgan fingerprint density at radius 2 is 2.05 bits per heavy atom. The van der Waals surface area contributed by atoms with E-state index in [1.807, 2.05) is 4.90 Å². The maximum atomic E-state index is 12.5. The summed E-state index contributed by atoms with van der Waals surface area (Å²) in [5, 5.41) is 9.17. The monoisotopic (exact) mass is 259 g/mol. The molecule has 1 fully saturated rings. The molecule has 3 heteroatoms. The average molecular weight is 259 g/mol. The molecule has 0 saturated carbocycles. The Morgan fingerprint density at radius 1 is 1.26 bits per heavy atom. The minimum atomic E-state index is 0.146. The molecule has 2 aliphatic rings. The van der Waals surface area contributed by atoms with Gasteiger partial charge in [-0.15, -0.1) is 0 Å². The molecule has 1 saturated heterocycles. The summed E-state index contributed by atoms with van der Waals surface area (Å²) in [4.78, 5) is 14.5. The Hall–Kier alpha value is -1.35. The highest BCUT2D eigenvalue weighted by Crippen LogP contribution is 2.28. The zero-order valence-electron chi connectivity index (χ0n) is 11.2. The van der Waals surface area contributed by atoms with Crippen molar-refractivity contribution in [1.82, 2.24) is 4.90 Å². The van der Waals surface area contributed by atoms with Gasteiger partial charge in [0.2, 0.25) is 5.91 Å². The molecule has 1 aromatic rings. The minimum absolute atomic E-state index is 0.146. The minimum Gasteiger partial charge on any atom is -0.396 e. The lowest BCUT2D eigenvalue weighted by atomic mass is 9.83. The van der Waals surface area contributed by atoms with Crippen molar-refractivity contribution in [3.05, 3.63) is 35.4 Å². The molecule has 0 spiro atoms. The third-order valence-corrected chi connectivity index (χ3v) is 4.55. The van der Waals surface area contributed by atoms with Crippen molar-refractivity contribution in [2.75, 3.05) is 19.7 Å². The maximum Gasteiger partial charge on any atom is 0.226 e. The second-order valence-electron chi connectivity index (χ2n) is 5.83. The van der Waals surface area contributed by atoms with Gasteiger partial charge in [0.05, 0.1) is 0 Å². The number of aryl methyl sites for hydroxylation is 1. The predicted molar refractivity (Wildman–Crippen MR) is 73.7 cm³/mol. The van der Waals surface area contributed by atoms with Gasteiger partial charge < -0.3 is 10.0 Å². The van der Waals surface area contributed by atoms with Crippen LogP contribution in [0.4, 0.5) is 0 Å². The van der Waals surface area contributed by atoms with E-state index in [0.717, 1.165) is 38.8 Å². The number of rotatable bonds is 2.